The Labute approximate surface area is 331 Å². The maximum Gasteiger partial charge on any atom is 0.330 e. The summed E-state index contributed by atoms with van der Waals surface area (Å²) in [6.07, 6.45) is -0.626. The minimum Gasteiger partial charge on any atom is -0.390 e. The van der Waals surface area contributed by atoms with E-state index in [9.17, 15) is 14.7 Å². The van der Waals surface area contributed by atoms with Crippen LogP contribution in [-0.4, -0.2) is 39.6 Å². The lowest BCUT2D eigenvalue weighted by Crippen LogP contribution is -2.52. The van der Waals surface area contributed by atoms with Crippen molar-refractivity contribution in [3.63, 3.8) is 0 Å². The predicted molar refractivity (Wildman–Crippen MR) is 220 cm³/mol. The van der Waals surface area contributed by atoms with E-state index in [1.54, 1.807) is 6.92 Å². The Morgan fingerprint density at radius 1 is 0.596 bits per heavy atom. The van der Waals surface area contributed by atoms with Crippen molar-refractivity contribution in [3.05, 3.63) is 248 Å². The summed E-state index contributed by atoms with van der Waals surface area (Å²) in [7, 11) is 0. The normalized spacial score (nSPS) is 16.7. The lowest BCUT2D eigenvalue weighted by Gasteiger charge is -2.43. The molecule has 0 radical (unpaired) electrons. The molecule has 0 bridgehead atoms. The SMILES string of the molecule is Cc1cn([C@H]2C[C@H](O)C(COC(c3ccccc3)(c3ccccc3)c3ccccc3)(COC(c3ccccc3)(c3ccccc3)c3ccccc3)O2)c(=O)[nH]c1=O. The first kappa shape index (κ1) is 37.7. The summed E-state index contributed by atoms with van der Waals surface area (Å²) in [4.78, 5) is 28.2. The van der Waals surface area contributed by atoms with Gasteiger partial charge in [0.15, 0.2) is 0 Å². The Balaban J connectivity index is 1.30. The van der Waals surface area contributed by atoms with Crippen LogP contribution >= 0.6 is 0 Å². The van der Waals surface area contributed by atoms with Crippen LogP contribution in [-0.2, 0) is 25.4 Å². The number of hydrogen-bond donors (Lipinski definition) is 2. The van der Waals surface area contributed by atoms with Crippen molar-refractivity contribution >= 4 is 0 Å². The van der Waals surface area contributed by atoms with Crippen LogP contribution in [0.4, 0.5) is 0 Å². The quantitative estimate of drug-likeness (QED) is 0.116. The van der Waals surface area contributed by atoms with Gasteiger partial charge in [0.25, 0.3) is 5.56 Å². The van der Waals surface area contributed by atoms with Crippen LogP contribution in [0.3, 0.4) is 0 Å². The molecule has 8 rings (SSSR count). The lowest BCUT2D eigenvalue weighted by molar-refractivity contribution is -0.199. The highest BCUT2D eigenvalue weighted by atomic mass is 16.6. The number of aromatic nitrogens is 2. The summed E-state index contributed by atoms with van der Waals surface area (Å²) in [5, 5.41) is 12.4. The Kier molecular flexibility index (Phi) is 10.7. The molecular formula is C49H44N2O6. The average molecular weight is 757 g/mol. The molecule has 286 valence electrons. The number of ether oxygens (including phenoxy) is 3. The first-order valence-corrected chi connectivity index (χ1v) is 19.1. The maximum absolute atomic E-state index is 13.3. The fraction of sp³-hybridized carbons (Fsp3) is 0.184. The summed E-state index contributed by atoms with van der Waals surface area (Å²) >= 11 is 0. The zero-order valence-electron chi connectivity index (χ0n) is 31.6. The van der Waals surface area contributed by atoms with Crippen molar-refractivity contribution in [1.29, 1.82) is 0 Å². The van der Waals surface area contributed by atoms with Crippen LogP contribution in [0.1, 0.15) is 51.6 Å². The van der Waals surface area contributed by atoms with Crippen molar-refractivity contribution in [2.24, 2.45) is 0 Å². The monoisotopic (exact) mass is 756 g/mol. The number of nitrogens with one attached hydrogen (secondary N) is 1. The number of benzene rings is 6. The van der Waals surface area contributed by atoms with E-state index in [-0.39, 0.29) is 19.6 Å². The van der Waals surface area contributed by atoms with E-state index in [4.69, 9.17) is 14.2 Å². The van der Waals surface area contributed by atoms with Gasteiger partial charge in [0, 0.05) is 18.2 Å². The number of H-pyrrole nitrogens is 1. The van der Waals surface area contributed by atoms with Gasteiger partial charge < -0.3 is 19.3 Å². The topological polar surface area (TPSA) is 103 Å². The molecular weight excluding hydrogens is 713 g/mol. The van der Waals surface area contributed by atoms with Crippen LogP contribution < -0.4 is 11.2 Å². The second kappa shape index (κ2) is 16.1. The molecule has 8 nitrogen and oxygen atoms in total. The Bertz CT molecular complexity index is 2170. The van der Waals surface area contributed by atoms with Crippen LogP contribution in [0.25, 0.3) is 0 Å². The summed E-state index contributed by atoms with van der Waals surface area (Å²) in [5.74, 6) is 0. The Hall–Kier alpha value is -6.16. The molecule has 7 aromatic rings. The molecule has 2 atom stereocenters. The van der Waals surface area contributed by atoms with Gasteiger partial charge in [-0.15, -0.1) is 0 Å². The number of aliphatic hydroxyl groups is 1. The van der Waals surface area contributed by atoms with Crippen LogP contribution in [0.5, 0.6) is 0 Å². The van der Waals surface area contributed by atoms with Gasteiger partial charge in [0.05, 0.1) is 19.3 Å². The molecule has 0 spiro atoms. The van der Waals surface area contributed by atoms with E-state index in [2.05, 4.69) is 4.98 Å². The second-order valence-electron chi connectivity index (χ2n) is 14.5. The van der Waals surface area contributed by atoms with Crippen molar-refractivity contribution in [2.45, 2.75) is 42.5 Å². The molecule has 1 fully saturated rings. The molecule has 6 aromatic carbocycles. The highest BCUT2D eigenvalue weighted by Crippen LogP contribution is 2.47. The standard InChI is InChI=1S/C49H44N2O6/c1-36-33-51(46(54)50-45(36)53)44-32-43(52)47(57-44,34-55-48(37-20-8-2-9-21-37,38-22-10-3-11-23-38)39-24-12-4-13-25-39)35-56-49(40-26-14-5-15-27-40,41-28-16-6-17-29-41)42-30-18-7-19-31-42/h2-31,33,43-44,52H,32,34-35H2,1H3,(H,50,53,54)/t43-,44+/m0/s1. The summed E-state index contributed by atoms with van der Waals surface area (Å²) in [6.45, 7) is 1.31. The first-order chi connectivity index (χ1) is 27.9. The summed E-state index contributed by atoms with van der Waals surface area (Å²) in [5.41, 5.74) is 0.631. The minimum absolute atomic E-state index is 0.0299. The number of hydrogen-bond acceptors (Lipinski definition) is 6. The van der Waals surface area contributed by atoms with Gasteiger partial charge in [0.2, 0.25) is 0 Å². The molecule has 1 aliphatic rings. The molecule has 2 heterocycles. The van der Waals surface area contributed by atoms with E-state index in [0.717, 1.165) is 33.4 Å². The molecule has 8 heteroatoms. The van der Waals surface area contributed by atoms with Crippen molar-refractivity contribution in [3.8, 4) is 0 Å². The van der Waals surface area contributed by atoms with Crippen molar-refractivity contribution in [2.75, 3.05) is 13.2 Å². The molecule has 0 amide bonds. The van der Waals surface area contributed by atoms with E-state index >= 15 is 0 Å². The maximum atomic E-state index is 13.3. The fourth-order valence-electron chi connectivity index (χ4n) is 8.07. The number of aliphatic hydroxyl groups excluding tert-OH is 1. The van der Waals surface area contributed by atoms with Gasteiger partial charge in [-0.3, -0.25) is 14.3 Å². The number of nitrogens with zero attached hydrogens (tertiary/aromatic N) is 1. The Morgan fingerprint density at radius 2 is 0.912 bits per heavy atom. The summed E-state index contributed by atoms with van der Waals surface area (Å²) in [6, 6.07) is 60.0. The summed E-state index contributed by atoms with van der Waals surface area (Å²) < 4.78 is 23.1. The fourth-order valence-corrected chi connectivity index (χ4v) is 8.07. The molecule has 0 aliphatic carbocycles. The van der Waals surface area contributed by atoms with Gasteiger partial charge in [0.1, 0.15) is 23.0 Å². The highest BCUT2D eigenvalue weighted by Gasteiger charge is 2.54. The molecule has 1 aliphatic heterocycles. The second-order valence-corrected chi connectivity index (χ2v) is 14.5. The van der Waals surface area contributed by atoms with Crippen LogP contribution in [0.2, 0.25) is 0 Å². The average Bonchev–Trinajstić information content (AvgIpc) is 3.60. The van der Waals surface area contributed by atoms with E-state index < -0.39 is 40.4 Å². The zero-order chi connectivity index (χ0) is 39.3. The van der Waals surface area contributed by atoms with Crippen molar-refractivity contribution < 1.29 is 19.3 Å². The van der Waals surface area contributed by atoms with E-state index in [1.807, 2.05) is 182 Å². The molecule has 1 aromatic heterocycles. The highest BCUT2D eigenvalue weighted by molar-refractivity contribution is 5.49. The van der Waals surface area contributed by atoms with Gasteiger partial charge in [-0.05, 0) is 40.3 Å². The largest absolute Gasteiger partial charge is 0.390 e. The van der Waals surface area contributed by atoms with Gasteiger partial charge in [-0.1, -0.05) is 182 Å². The van der Waals surface area contributed by atoms with E-state index in [1.165, 1.54) is 10.8 Å². The zero-order valence-corrected chi connectivity index (χ0v) is 31.6. The van der Waals surface area contributed by atoms with Crippen molar-refractivity contribution in [1.82, 2.24) is 9.55 Å². The van der Waals surface area contributed by atoms with E-state index in [0.29, 0.717) is 5.56 Å². The van der Waals surface area contributed by atoms with Gasteiger partial charge in [-0.25, -0.2) is 4.79 Å². The third-order valence-corrected chi connectivity index (χ3v) is 11.0. The number of rotatable bonds is 13. The minimum atomic E-state index is -1.54. The first-order valence-electron chi connectivity index (χ1n) is 19.1. The van der Waals surface area contributed by atoms with Gasteiger partial charge >= 0.3 is 5.69 Å². The molecule has 1 saturated heterocycles. The smallest absolute Gasteiger partial charge is 0.330 e. The van der Waals surface area contributed by atoms with Crippen LogP contribution in [0, 0.1) is 6.92 Å². The molecule has 57 heavy (non-hydrogen) atoms. The predicted octanol–water partition coefficient (Wildman–Crippen LogP) is 7.88. The third-order valence-electron chi connectivity index (χ3n) is 11.0. The molecule has 0 saturated carbocycles. The molecule has 0 unspecified atom stereocenters. The number of aryl methyl sites for hydroxylation is 1. The Morgan fingerprint density at radius 3 is 1.23 bits per heavy atom. The lowest BCUT2D eigenvalue weighted by atomic mass is 9.79. The molecule has 2 N–H and O–H groups in total. The van der Waals surface area contributed by atoms with Gasteiger partial charge in [-0.2, -0.15) is 0 Å². The number of aromatic amines is 1. The third kappa shape index (κ3) is 7.09. The van der Waals surface area contributed by atoms with Crippen LogP contribution in [0.15, 0.2) is 198 Å².